The van der Waals surface area contributed by atoms with Gasteiger partial charge in [-0.05, 0) is 0 Å². The molecule has 0 bridgehead atoms. The third-order valence-electron chi connectivity index (χ3n) is 2.59. The first-order chi connectivity index (χ1) is 6.24. The Balaban J connectivity index is 2.04. The van der Waals surface area contributed by atoms with Crippen molar-refractivity contribution in [1.82, 2.24) is 14.9 Å². The molecule has 2 heterocycles. The van der Waals surface area contributed by atoms with Gasteiger partial charge in [0.05, 0.1) is 17.6 Å². The van der Waals surface area contributed by atoms with E-state index in [9.17, 15) is 0 Å². The molecule has 4 nitrogen and oxygen atoms in total. The van der Waals surface area contributed by atoms with Crippen molar-refractivity contribution < 1.29 is 4.74 Å². The highest BCUT2D eigenvalue weighted by Crippen LogP contribution is 2.20. The minimum absolute atomic E-state index is 0.00560. The standard InChI is InChI=1S/C9H15N3O/c1-12-4-8(11-7-12)3-9(13-2)5-10-6-9/h4,7,10H,3,5-6H2,1-2H3. The third-order valence-corrected chi connectivity index (χ3v) is 2.59. The molecule has 0 spiro atoms. The zero-order chi connectivity index (χ0) is 9.31. The first kappa shape index (κ1) is 8.72. The molecule has 4 heteroatoms. The first-order valence-corrected chi connectivity index (χ1v) is 4.47. The van der Waals surface area contributed by atoms with Gasteiger partial charge in [0, 0.05) is 39.9 Å². The monoisotopic (exact) mass is 181 g/mol. The maximum Gasteiger partial charge on any atom is 0.0981 e. The lowest BCUT2D eigenvalue weighted by Crippen LogP contribution is -2.61. The van der Waals surface area contributed by atoms with E-state index in [0.717, 1.165) is 25.2 Å². The molecule has 0 aromatic carbocycles. The molecule has 0 aliphatic carbocycles. The van der Waals surface area contributed by atoms with Crippen LogP contribution < -0.4 is 5.32 Å². The van der Waals surface area contributed by atoms with Crippen LogP contribution in [0.3, 0.4) is 0 Å². The molecule has 0 amide bonds. The second kappa shape index (κ2) is 3.12. The molecule has 0 atom stereocenters. The van der Waals surface area contributed by atoms with Crippen molar-refractivity contribution in [2.45, 2.75) is 12.0 Å². The molecule has 1 N–H and O–H groups in total. The Bertz CT molecular complexity index is 285. The van der Waals surface area contributed by atoms with Gasteiger partial charge in [-0.25, -0.2) is 4.98 Å². The summed E-state index contributed by atoms with van der Waals surface area (Å²) in [4.78, 5) is 4.29. The Hall–Kier alpha value is -0.870. The summed E-state index contributed by atoms with van der Waals surface area (Å²) < 4.78 is 7.44. The number of rotatable bonds is 3. The van der Waals surface area contributed by atoms with Gasteiger partial charge in [0.1, 0.15) is 0 Å². The summed E-state index contributed by atoms with van der Waals surface area (Å²) in [5.41, 5.74) is 1.10. The lowest BCUT2D eigenvalue weighted by Gasteiger charge is -2.40. The molecule has 2 rings (SSSR count). The van der Waals surface area contributed by atoms with Crippen molar-refractivity contribution in [1.29, 1.82) is 0 Å². The van der Waals surface area contributed by atoms with Crippen LogP contribution >= 0.6 is 0 Å². The highest BCUT2D eigenvalue weighted by Gasteiger charge is 2.37. The first-order valence-electron chi connectivity index (χ1n) is 4.47. The maximum absolute atomic E-state index is 5.48. The highest BCUT2D eigenvalue weighted by molar-refractivity contribution is 5.07. The van der Waals surface area contributed by atoms with E-state index in [1.54, 1.807) is 7.11 Å². The predicted molar refractivity (Wildman–Crippen MR) is 49.5 cm³/mol. The normalized spacial score (nSPS) is 19.8. The highest BCUT2D eigenvalue weighted by atomic mass is 16.5. The van der Waals surface area contributed by atoms with Crippen molar-refractivity contribution in [2.75, 3.05) is 20.2 Å². The van der Waals surface area contributed by atoms with E-state index in [4.69, 9.17) is 4.74 Å². The summed E-state index contributed by atoms with van der Waals surface area (Å²) in [7, 11) is 3.75. The summed E-state index contributed by atoms with van der Waals surface area (Å²) in [5.74, 6) is 0. The van der Waals surface area contributed by atoms with Crippen LogP contribution in [0.1, 0.15) is 5.69 Å². The number of imidazole rings is 1. The zero-order valence-corrected chi connectivity index (χ0v) is 8.08. The van der Waals surface area contributed by atoms with Crippen LogP contribution in [-0.4, -0.2) is 35.4 Å². The van der Waals surface area contributed by atoms with Gasteiger partial charge in [0.2, 0.25) is 0 Å². The number of ether oxygens (including phenoxy) is 1. The number of nitrogens with zero attached hydrogens (tertiary/aromatic N) is 2. The fourth-order valence-electron chi connectivity index (χ4n) is 1.63. The van der Waals surface area contributed by atoms with Gasteiger partial charge in [-0.3, -0.25) is 0 Å². The van der Waals surface area contributed by atoms with Crippen LogP contribution in [0.15, 0.2) is 12.5 Å². The van der Waals surface area contributed by atoms with E-state index in [2.05, 4.69) is 10.3 Å². The van der Waals surface area contributed by atoms with Crippen molar-refractivity contribution in [2.24, 2.45) is 7.05 Å². The van der Waals surface area contributed by atoms with Gasteiger partial charge in [-0.1, -0.05) is 0 Å². The van der Waals surface area contributed by atoms with E-state index in [0.29, 0.717) is 0 Å². The van der Waals surface area contributed by atoms with Crippen molar-refractivity contribution in [3.05, 3.63) is 18.2 Å². The number of hydrogen-bond donors (Lipinski definition) is 1. The van der Waals surface area contributed by atoms with E-state index >= 15 is 0 Å². The fraction of sp³-hybridized carbons (Fsp3) is 0.667. The zero-order valence-electron chi connectivity index (χ0n) is 8.08. The smallest absolute Gasteiger partial charge is 0.0981 e. The molecule has 0 saturated carbocycles. The van der Waals surface area contributed by atoms with Crippen LogP contribution in [-0.2, 0) is 18.2 Å². The molecule has 72 valence electrons. The maximum atomic E-state index is 5.48. The number of hydrogen-bond acceptors (Lipinski definition) is 3. The summed E-state index contributed by atoms with van der Waals surface area (Å²) in [6, 6.07) is 0. The average Bonchev–Trinajstić information content (AvgIpc) is 2.44. The van der Waals surface area contributed by atoms with Crippen molar-refractivity contribution >= 4 is 0 Å². The molecule has 1 fully saturated rings. The average molecular weight is 181 g/mol. The molecule has 13 heavy (non-hydrogen) atoms. The van der Waals surface area contributed by atoms with Gasteiger partial charge in [-0.15, -0.1) is 0 Å². The van der Waals surface area contributed by atoms with E-state index in [1.165, 1.54) is 0 Å². The van der Waals surface area contributed by atoms with Crippen LogP contribution in [0, 0.1) is 0 Å². The topological polar surface area (TPSA) is 39.1 Å². The molecule has 0 unspecified atom stereocenters. The quantitative estimate of drug-likeness (QED) is 0.710. The van der Waals surface area contributed by atoms with E-state index in [-0.39, 0.29) is 5.60 Å². The van der Waals surface area contributed by atoms with E-state index in [1.807, 2.05) is 24.1 Å². The number of methoxy groups -OCH3 is 1. The minimum atomic E-state index is -0.00560. The second-order valence-electron chi connectivity index (χ2n) is 3.70. The Kier molecular flexibility index (Phi) is 2.09. The molecular weight excluding hydrogens is 166 g/mol. The fourth-order valence-corrected chi connectivity index (χ4v) is 1.63. The van der Waals surface area contributed by atoms with Gasteiger partial charge in [0.15, 0.2) is 0 Å². The Morgan fingerprint density at radius 2 is 2.46 bits per heavy atom. The predicted octanol–water partition coefficient (Wildman–Crippen LogP) is -0.0490. The largest absolute Gasteiger partial charge is 0.375 e. The van der Waals surface area contributed by atoms with Crippen molar-refractivity contribution in [3.63, 3.8) is 0 Å². The second-order valence-corrected chi connectivity index (χ2v) is 3.70. The van der Waals surface area contributed by atoms with Gasteiger partial charge in [0.25, 0.3) is 0 Å². The Morgan fingerprint density at radius 1 is 1.69 bits per heavy atom. The summed E-state index contributed by atoms with van der Waals surface area (Å²) in [6.07, 6.45) is 4.77. The summed E-state index contributed by atoms with van der Waals surface area (Å²) in [6.45, 7) is 1.86. The Morgan fingerprint density at radius 3 is 2.85 bits per heavy atom. The molecule has 1 aromatic heterocycles. The molecular formula is C9H15N3O. The van der Waals surface area contributed by atoms with Crippen LogP contribution in [0.25, 0.3) is 0 Å². The molecule has 0 radical (unpaired) electrons. The summed E-state index contributed by atoms with van der Waals surface area (Å²) in [5, 5.41) is 3.22. The van der Waals surface area contributed by atoms with E-state index < -0.39 is 0 Å². The number of nitrogens with one attached hydrogen (secondary N) is 1. The minimum Gasteiger partial charge on any atom is -0.375 e. The van der Waals surface area contributed by atoms with Gasteiger partial charge >= 0.3 is 0 Å². The van der Waals surface area contributed by atoms with Gasteiger partial charge < -0.3 is 14.6 Å². The molecule has 1 saturated heterocycles. The molecule has 1 aromatic rings. The Labute approximate surface area is 77.9 Å². The van der Waals surface area contributed by atoms with Crippen LogP contribution in [0.5, 0.6) is 0 Å². The lowest BCUT2D eigenvalue weighted by molar-refractivity contribution is -0.0508. The van der Waals surface area contributed by atoms with Crippen LogP contribution in [0.2, 0.25) is 0 Å². The third kappa shape index (κ3) is 1.59. The van der Waals surface area contributed by atoms with Crippen LogP contribution in [0.4, 0.5) is 0 Å². The number of aromatic nitrogens is 2. The SMILES string of the molecule is COC1(Cc2cn(C)cn2)CNC1. The summed E-state index contributed by atoms with van der Waals surface area (Å²) >= 11 is 0. The lowest BCUT2D eigenvalue weighted by atomic mass is 9.91. The van der Waals surface area contributed by atoms with Gasteiger partial charge in [-0.2, -0.15) is 0 Å². The molecule has 1 aliphatic rings. The van der Waals surface area contributed by atoms with Crippen molar-refractivity contribution in [3.8, 4) is 0 Å². The molecule has 1 aliphatic heterocycles. The number of aryl methyl sites for hydroxylation is 1.